The second-order valence-corrected chi connectivity index (χ2v) is 6.03. The molecular weight excluding hydrogens is 258 g/mol. The van der Waals surface area contributed by atoms with E-state index in [1.165, 1.54) is 16.6 Å². The predicted molar refractivity (Wildman–Crippen MR) is 63.7 cm³/mol. The van der Waals surface area contributed by atoms with E-state index < -0.39 is 10.0 Å². The largest absolute Gasteiger partial charge is 0.452 e. The van der Waals surface area contributed by atoms with Gasteiger partial charge in [-0.3, -0.25) is 0 Å². The van der Waals surface area contributed by atoms with Gasteiger partial charge in [-0.05, 0) is 18.6 Å². The van der Waals surface area contributed by atoms with E-state index in [0.29, 0.717) is 19.6 Å². The maximum atomic E-state index is 12.4. The number of hydrogen-bond acceptors (Lipinski definition) is 5. The van der Waals surface area contributed by atoms with Gasteiger partial charge in [0, 0.05) is 20.8 Å². The molecule has 0 amide bonds. The molecule has 1 aliphatic rings. The number of ether oxygens (including phenoxy) is 2. The van der Waals surface area contributed by atoms with E-state index in [0.717, 1.165) is 0 Å². The van der Waals surface area contributed by atoms with Crippen molar-refractivity contribution in [2.75, 3.05) is 27.4 Å². The van der Waals surface area contributed by atoms with Crippen molar-refractivity contribution in [1.29, 1.82) is 0 Å². The summed E-state index contributed by atoms with van der Waals surface area (Å²) in [6.45, 7) is 0.674. The summed E-state index contributed by atoms with van der Waals surface area (Å²) in [5.74, 6) is 0. The number of hydrogen-bond donors (Lipinski definition) is 0. The highest BCUT2D eigenvalue weighted by Crippen LogP contribution is 2.27. The van der Waals surface area contributed by atoms with Crippen LogP contribution in [0.5, 0.6) is 0 Å². The van der Waals surface area contributed by atoms with E-state index in [2.05, 4.69) is 0 Å². The first kappa shape index (κ1) is 13.5. The van der Waals surface area contributed by atoms with Crippen LogP contribution in [0.2, 0.25) is 0 Å². The normalized spacial score (nSPS) is 25.7. The van der Waals surface area contributed by atoms with Crippen LogP contribution in [-0.2, 0) is 19.5 Å². The van der Waals surface area contributed by atoms with Crippen molar-refractivity contribution in [2.45, 2.75) is 23.7 Å². The second kappa shape index (κ2) is 5.40. The van der Waals surface area contributed by atoms with Crippen molar-refractivity contribution in [2.24, 2.45) is 0 Å². The molecule has 0 radical (unpaired) electrons. The van der Waals surface area contributed by atoms with Gasteiger partial charge in [-0.1, -0.05) is 0 Å². The van der Waals surface area contributed by atoms with Gasteiger partial charge in [-0.25, -0.2) is 8.42 Å². The molecule has 0 N–H and O–H groups in total. The molecule has 1 aromatic rings. The average Bonchev–Trinajstić information content (AvgIpc) is 2.98. The van der Waals surface area contributed by atoms with Crippen LogP contribution in [0.15, 0.2) is 27.9 Å². The maximum Gasteiger partial charge on any atom is 0.276 e. The fourth-order valence-corrected chi connectivity index (χ4v) is 3.74. The maximum absolute atomic E-state index is 12.4. The molecule has 2 heterocycles. The molecule has 1 saturated heterocycles. The summed E-state index contributed by atoms with van der Waals surface area (Å²) in [5.41, 5.74) is 0. The van der Waals surface area contributed by atoms with Crippen LogP contribution in [-0.4, -0.2) is 52.2 Å². The zero-order valence-electron chi connectivity index (χ0n) is 10.4. The Morgan fingerprint density at radius 3 is 2.83 bits per heavy atom. The Hall–Kier alpha value is -0.890. The van der Waals surface area contributed by atoms with Crippen molar-refractivity contribution >= 4 is 10.0 Å². The molecule has 0 saturated carbocycles. The molecule has 2 rings (SSSR count). The van der Waals surface area contributed by atoms with Crippen molar-refractivity contribution in [1.82, 2.24) is 4.31 Å². The predicted octanol–water partition coefficient (Wildman–Crippen LogP) is 0.704. The highest BCUT2D eigenvalue weighted by Gasteiger charge is 2.41. The number of methoxy groups -OCH3 is 2. The molecule has 0 aromatic carbocycles. The molecule has 1 aromatic heterocycles. The Balaban J connectivity index is 2.25. The van der Waals surface area contributed by atoms with E-state index in [1.54, 1.807) is 20.3 Å². The van der Waals surface area contributed by atoms with Gasteiger partial charge in [0.15, 0.2) is 0 Å². The highest BCUT2D eigenvalue weighted by molar-refractivity contribution is 7.89. The van der Waals surface area contributed by atoms with Crippen molar-refractivity contribution < 1.29 is 22.3 Å². The summed E-state index contributed by atoms with van der Waals surface area (Å²) in [6, 6.07) is 2.79. The molecule has 1 aliphatic heterocycles. The first-order chi connectivity index (χ1) is 8.59. The lowest BCUT2D eigenvalue weighted by atomic mass is 10.2. The molecule has 0 bridgehead atoms. The Labute approximate surface area is 107 Å². The van der Waals surface area contributed by atoms with Gasteiger partial charge >= 0.3 is 0 Å². The molecule has 2 atom stereocenters. The summed E-state index contributed by atoms with van der Waals surface area (Å²) >= 11 is 0. The fraction of sp³-hybridized carbons (Fsp3) is 0.636. The number of furan rings is 1. The van der Waals surface area contributed by atoms with Gasteiger partial charge in [0.25, 0.3) is 10.0 Å². The van der Waals surface area contributed by atoms with Crippen molar-refractivity contribution in [3.05, 3.63) is 18.4 Å². The van der Waals surface area contributed by atoms with Crippen LogP contribution < -0.4 is 0 Å². The van der Waals surface area contributed by atoms with Gasteiger partial charge in [0.1, 0.15) is 0 Å². The third-order valence-corrected chi connectivity index (χ3v) is 4.88. The summed E-state index contributed by atoms with van der Waals surface area (Å²) in [7, 11) is -0.469. The molecule has 0 spiro atoms. The molecule has 6 nitrogen and oxygen atoms in total. The molecule has 0 unspecified atom stereocenters. The Kier molecular flexibility index (Phi) is 4.06. The van der Waals surface area contributed by atoms with Crippen LogP contribution in [0.4, 0.5) is 0 Å². The molecule has 0 aliphatic carbocycles. The smallest absolute Gasteiger partial charge is 0.276 e. The first-order valence-corrected chi connectivity index (χ1v) is 7.10. The third kappa shape index (κ3) is 2.44. The lowest BCUT2D eigenvalue weighted by Crippen LogP contribution is -2.38. The number of nitrogens with zero attached hydrogens (tertiary/aromatic N) is 1. The van der Waals surface area contributed by atoms with Gasteiger partial charge in [0.05, 0.1) is 25.0 Å². The third-order valence-electron chi connectivity index (χ3n) is 3.08. The fourth-order valence-electron chi connectivity index (χ4n) is 2.18. The Morgan fingerprint density at radius 2 is 2.28 bits per heavy atom. The summed E-state index contributed by atoms with van der Waals surface area (Å²) in [6.07, 6.45) is 1.88. The van der Waals surface area contributed by atoms with E-state index in [9.17, 15) is 8.42 Å². The average molecular weight is 275 g/mol. The number of sulfonamides is 1. The monoisotopic (exact) mass is 275 g/mol. The minimum absolute atomic E-state index is 0.0413. The Bertz CT molecular complexity index is 470. The molecule has 7 heteroatoms. The van der Waals surface area contributed by atoms with Crippen LogP contribution >= 0.6 is 0 Å². The Morgan fingerprint density at radius 1 is 1.50 bits per heavy atom. The molecule has 102 valence electrons. The topological polar surface area (TPSA) is 69.0 Å². The molecule has 18 heavy (non-hydrogen) atoms. The van der Waals surface area contributed by atoms with Crippen molar-refractivity contribution in [3.8, 4) is 0 Å². The van der Waals surface area contributed by atoms with Gasteiger partial charge in [0.2, 0.25) is 5.09 Å². The molecule has 1 fully saturated rings. The van der Waals surface area contributed by atoms with E-state index >= 15 is 0 Å². The van der Waals surface area contributed by atoms with E-state index in [4.69, 9.17) is 13.9 Å². The quantitative estimate of drug-likeness (QED) is 0.791. The lowest BCUT2D eigenvalue weighted by Gasteiger charge is -2.21. The summed E-state index contributed by atoms with van der Waals surface area (Å²) in [5, 5.41) is -0.0413. The van der Waals surface area contributed by atoms with Crippen LogP contribution in [0.25, 0.3) is 0 Å². The summed E-state index contributed by atoms with van der Waals surface area (Å²) < 4.78 is 41.4. The standard InChI is InChI=1S/C11H17NO5S/c1-15-8-9-6-10(16-2)7-12(9)18(13,14)11-4-3-5-17-11/h3-5,9-10H,6-8H2,1-2H3/t9-,10-/m0/s1. The van der Waals surface area contributed by atoms with E-state index in [1.807, 2.05) is 0 Å². The molecular formula is C11H17NO5S. The summed E-state index contributed by atoms with van der Waals surface area (Å²) in [4.78, 5) is 0. The minimum Gasteiger partial charge on any atom is -0.452 e. The SMILES string of the molecule is COC[C@@H]1C[C@H](OC)CN1S(=O)(=O)c1ccco1. The van der Waals surface area contributed by atoms with Gasteiger partial charge < -0.3 is 13.9 Å². The highest BCUT2D eigenvalue weighted by atomic mass is 32.2. The zero-order chi connectivity index (χ0) is 13.2. The van der Waals surface area contributed by atoms with Crippen LogP contribution in [0, 0.1) is 0 Å². The van der Waals surface area contributed by atoms with Gasteiger partial charge in [-0.2, -0.15) is 4.31 Å². The van der Waals surface area contributed by atoms with Crippen LogP contribution in [0.3, 0.4) is 0 Å². The second-order valence-electron chi connectivity index (χ2n) is 4.21. The van der Waals surface area contributed by atoms with E-state index in [-0.39, 0.29) is 17.2 Å². The minimum atomic E-state index is -3.60. The lowest BCUT2D eigenvalue weighted by molar-refractivity contribution is 0.110. The van der Waals surface area contributed by atoms with Gasteiger partial charge in [-0.15, -0.1) is 0 Å². The van der Waals surface area contributed by atoms with Crippen molar-refractivity contribution in [3.63, 3.8) is 0 Å². The first-order valence-electron chi connectivity index (χ1n) is 5.66. The zero-order valence-corrected chi connectivity index (χ0v) is 11.2. The number of rotatable bonds is 5. The van der Waals surface area contributed by atoms with Crippen LogP contribution in [0.1, 0.15) is 6.42 Å².